The van der Waals surface area contributed by atoms with Gasteiger partial charge in [0.15, 0.2) is 0 Å². The van der Waals surface area contributed by atoms with Gasteiger partial charge in [-0.15, -0.1) is 0 Å². The molecule has 1 amide bonds. The molecule has 3 rings (SSSR count). The van der Waals surface area contributed by atoms with Crippen LogP contribution in [0, 0.1) is 0 Å². The Labute approximate surface area is 146 Å². The van der Waals surface area contributed by atoms with Crippen molar-refractivity contribution in [1.29, 1.82) is 0 Å². The molecule has 24 heavy (non-hydrogen) atoms. The summed E-state index contributed by atoms with van der Waals surface area (Å²) in [6.45, 7) is 12.4. The first kappa shape index (κ1) is 20.0. The minimum atomic E-state index is 0.00130. The lowest BCUT2D eigenvalue weighted by molar-refractivity contribution is 0.0713. The van der Waals surface area contributed by atoms with Crippen molar-refractivity contribution in [2.24, 2.45) is 0 Å². The van der Waals surface area contributed by atoms with Gasteiger partial charge in [-0.1, -0.05) is 52.0 Å². The maximum Gasteiger partial charge on any atom is 0.262 e. The molecule has 0 spiro atoms. The summed E-state index contributed by atoms with van der Waals surface area (Å²) in [7, 11) is 0. The molecule has 0 saturated carbocycles. The van der Waals surface area contributed by atoms with Crippen LogP contribution in [0.15, 0.2) is 48.4 Å². The normalized spacial score (nSPS) is 16.5. The van der Waals surface area contributed by atoms with Gasteiger partial charge in [0.2, 0.25) is 0 Å². The third-order valence-electron chi connectivity index (χ3n) is 3.63. The van der Waals surface area contributed by atoms with E-state index in [9.17, 15) is 4.79 Å². The van der Waals surface area contributed by atoms with Crippen LogP contribution in [0.3, 0.4) is 0 Å². The van der Waals surface area contributed by atoms with Crippen molar-refractivity contribution in [1.82, 2.24) is 9.80 Å². The molecule has 2 aliphatic heterocycles. The smallest absolute Gasteiger partial charge is 0.262 e. The van der Waals surface area contributed by atoms with Gasteiger partial charge in [0.25, 0.3) is 5.91 Å². The Kier molecular flexibility index (Phi) is 8.87. The second kappa shape index (κ2) is 10.7. The average molecular weight is 330 g/mol. The number of amides is 1. The van der Waals surface area contributed by atoms with E-state index in [1.165, 1.54) is 0 Å². The van der Waals surface area contributed by atoms with E-state index in [0.29, 0.717) is 18.0 Å². The fourth-order valence-corrected chi connectivity index (χ4v) is 2.46. The van der Waals surface area contributed by atoms with Crippen LogP contribution in [0.5, 0.6) is 5.75 Å². The van der Waals surface area contributed by atoms with Crippen LogP contribution in [0.25, 0.3) is 0 Å². The first-order chi connectivity index (χ1) is 11.8. The van der Waals surface area contributed by atoms with Gasteiger partial charge < -0.3 is 4.74 Å². The van der Waals surface area contributed by atoms with Gasteiger partial charge in [0, 0.05) is 13.1 Å². The van der Waals surface area contributed by atoms with E-state index in [1.807, 2.05) is 58.9 Å². The summed E-state index contributed by atoms with van der Waals surface area (Å²) in [6.07, 6.45) is 7.03. The van der Waals surface area contributed by atoms with Crippen LogP contribution in [-0.4, -0.2) is 35.5 Å². The molecule has 2 aliphatic rings. The number of carbonyl (C=O) groups excluding carboxylic acids is 1. The number of carbonyl (C=O) groups is 1. The zero-order valence-electron chi connectivity index (χ0n) is 15.6. The second-order valence-corrected chi connectivity index (χ2v) is 5.08. The van der Waals surface area contributed by atoms with Crippen molar-refractivity contribution in [2.75, 3.05) is 19.8 Å². The predicted octanol–water partition coefficient (Wildman–Crippen LogP) is 4.65. The SMILES string of the molecule is CC.CC.CC1=COc2ccccc2C(=O)N1CN1CC=CCC1. The van der Waals surface area contributed by atoms with Gasteiger partial charge in [-0.2, -0.15) is 0 Å². The Bertz CT molecular complexity index is 579. The lowest BCUT2D eigenvalue weighted by atomic mass is 10.1. The number of hydrogen-bond acceptors (Lipinski definition) is 3. The highest BCUT2D eigenvalue weighted by Gasteiger charge is 2.25. The molecule has 0 fully saturated rings. The fourth-order valence-electron chi connectivity index (χ4n) is 2.46. The van der Waals surface area contributed by atoms with Crippen molar-refractivity contribution < 1.29 is 9.53 Å². The Hall–Kier alpha value is -2.07. The van der Waals surface area contributed by atoms with Crippen LogP contribution in [0.2, 0.25) is 0 Å². The summed E-state index contributed by atoms with van der Waals surface area (Å²) >= 11 is 0. The number of benzene rings is 1. The van der Waals surface area contributed by atoms with E-state index in [0.717, 1.165) is 25.2 Å². The number of allylic oxidation sites excluding steroid dienone is 1. The summed E-state index contributed by atoms with van der Waals surface area (Å²) < 4.78 is 5.59. The third-order valence-corrected chi connectivity index (χ3v) is 3.63. The molecule has 0 radical (unpaired) electrons. The number of para-hydroxylation sites is 1. The molecule has 0 atom stereocenters. The van der Waals surface area contributed by atoms with Gasteiger partial charge in [0.05, 0.1) is 17.9 Å². The average Bonchev–Trinajstić information content (AvgIpc) is 2.78. The predicted molar refractivity (Wildman–Crippen MR) is 99.9 cm³/mol. The summed E-state index contributed by atoms with van der Waals surface area (Å²) in [5.41, 5.74) is 1.45. The molecule has 2 heterocycles. The molecular weight excluding hydrogens is 300 g/mol. The molecule has 0 aliphatic carbocycles. The molecule has 1 aromatic carbocycles. The van der Waals surface area contributed by atoms with E-state index in [4.69, 9.17) is 4.74 Å². The van der Waals surface area contributed by atoms with E-state index in [-0.39, 0.29) is 5.91 Å². The van der Waals surface area contributed by atoms with Crippen molar-refractivity contribution in [3.63, 3.8) is 0 Å². The maximum absolute atomic E-state index is 12.7. The van der Waals surface area contributed by atoms with Crippen LogP contribution >= 0.6 is 0 Å². The molecule has 132 valence electrons. The summed E-state index contributed by atoms with van der Waals surface area (Å²) in [6, 6.07) is 7.38. The quantitative estimate of drug-likeness (QED) is 0.740. The minimum Gasteiger partial charge on any atom is -0.462 e. The van der Waals surface area contributed by atoms with Crippen LogP contribution in [-0.2, 0) is 0 Å². The van der Waals surface area contributed by atoms with Crippen molar-refractivity contribution in [2.45, 2.75) is 41.0 Å². The highest BCUT2D eigenvalue weighted by Crippen LogP contribution is 2.25. The molecule has 4 nitrogen and oxygen atoms in total. The maximum atomic E-state index is 12.7. The number of rotatable bonds is 2. The lowest BCUT2D eigenvalue weighted by Crippen LogP contribution is -2.41. The Morgan fingerprint density at radius 2 is 1.79 bits per heavy atom. The van der Waals surface area contributed by atoms with E-state index in [2.05, 4.69) is 17.1 Å². The Morgan fingerprint density at radius 3 is 2.46 bits per heavy atom. The topological polar surface area (TPSA) is 32.8 Å². The Morgan fingerprint density at radius 1 is 1.08 bits per heavy atom. The third kappa shape index (κ3) is 4.96. The molecule has 0 saturated heterocycles. The van der Waals surface area contributed by atoms with Crippen LogP contribution in [0.4, 0.5) is 0 Å². The fraction of sp³-hybridized carbons (Fsp3) is 0.450. The molecule has 4 heteroatoms. The van der Waals surface area contributed by atoms with Gasteiger partial charge in [-0.3, -0.25) is 14.6 Å². The van der Waals surface area contributed by atoms with Crippen molar-refractivity contribution in [3.05, 3.63) is 53.9 Å². The monoisotopic (exact) mass is 330 g/mol. The molecule has 0 aromatic heterocycles. The molecular formula is C20H30N2O2. The van der Waals surface area contributed by atoms with Gasteiger partial charge >= 0.3 is 0 Å². The highest BCUT2D eigenvalue weighted by molar-refractivity contribution is 5.98. The number of ether oxygens (including phenoxy) is 1. The van der Waals surface area contributed by atoms with Gasteiger partial charge in [0.1, 0.15) is 12.0 Å². The molecule has 0 unspecified atom stereocenters. The van der Waals surface area contributed by atoms with Crippen LogP contribution in [0.1, 0.15) is 51.4 Å². The first-order valence-electron chi connectivity index (χ1n) is 8.87. The Balaban J connectivity index is 0.000000671. The number of hydrogen-bond donors (Lipinski definition) is 0. The summed E-state index contributed by atoms with van der Waals surface area (Å²) in [4.78, 5) is 16.7. The summed E-state index contributed by atoms with van der Waals surface area (Å²) in [5.74, 6) is 0.624. The zero-order chi connectivity index (χ0) is 17.9. The number of nitrogens with zero attached hydrogens (tertiary/aromatic N) is 2. The zero-order valence-corrected chi connectivity index (χ0v) is 15.6. The molecule has 0 bridgehead atoms. The van der Waals surface area contributed by atoms with Crippen molar-refractivity contribution >= 4 is 5.91 Å². The minimum absolute atomic E-state index is 0.00130. The summed E-state index contributed by atoms with van der Waals surface area (Å²) in [5, 5.41) is 0. The molecule has 0 N–H and O–H groups in total. The van der Waals surface area contributed by atoms with Gasteiger partial charge in [-0.05, 0) is 25.5 Å². The van der Waals surface area contributed by atoms with Crippen molar-refractivity contribution in [3.8, 4) is 5.75 Å². The second-order valence-electron chi connectivity index (χ2n) is 5.08. The standard InChI is InChI=1S/C16H18N2O2.2C2H6/c1-13-11-20-15-8-4-3-7-14(15)16(19)18(13)12-17-9-5-2-6-10-17;2*1-2/h2-5,7-8,11H,6,9-10,12H2,1H3;2*1-2H3. The first-order valence-corrected chi connectivity index (χ1v) is 8.87. The largest absolute Gasteiger partial charge is 0.462 e. The number of fused-ring (bicyclic) bond motifs is 1. The lowest BCUT2D eigenvalue weighted by Gasteiger charge is -2.30. The molecule has 1 aromatic rings. The highest BCUT2D eigenvalue weighted by atomic mass is 16.5. The van der Waals surface area contributed by atoms with Crippen LogP contribution < -0.4 is 4.74 Å². The van der Waals surface area contributed by atoms with E-state index >= 15 is 0 Å². The van der Waals surface area contributed by atoms with E-state index < -0.39 is 0 Å². The van der Waals surface area contributed by atoms with E-state index in [1.54, 1.807) is 11.2 Å². The van der Waals surface area contributed by atoms with Gasteiger partial charge in [-0.25, -0.2) is 0 Å².